The lowest BCUT2D eigenvalue weighted by atomic mass is 10.1. The normalized spacial score (nSPS) is 11.9. The fraction of sp³-hybridized carbons (Fsp3) is 0.462. The average molecular weight is 252 g/mol. The molecule has 5 heteroatoms. The minimum atomic E-state index is -0.377. The Balaban J connectivity index is 2.89. The van der Waals surface area contributed by atoms with Crippen LogP contribution in [0.2, 0.25) is 0 Å². The van der Waals surface area contributed by atoms with Gasteiger partial charge >= 0.3 is 5.97 Å². The van der Waals surface area contributed by atoms with E-state index in [4.69, 9.17) is 10.5 Å². The summed E-state index contributed by atoms with van der Waals surface area (Å²) < 4.78 is 9.79. The number of nitrogens with one attached hydrogen (secondary N) is 1. The number of esters is 1. The quantitative estimate of drug-likeness (QED) is 0.597. The van der Waals surface area contributed by atoms with Crippen molar-refractivity contribution < 1.29 is 14.3 Å². The van der Waals surface area contributed by atoms with Gasteiger partial charge in [0, 0.05) is 13.2 Å². The molecule has 1 unspecified atom stereocenters. The SMILES string of the molecule is CCC(COC)Nc1cc(C(=O)OC)ccc1N. The molecule has 0 aromatic heterocycles. The molecule has 100 valence electrons. The molecule has 0 heterocycles. The van der Waals surface area contributed by atoms with Crippen LogP contribution in [-0.4, -0.2) is 32.8 Å². The zero-order valence-corrected chi connectivity index (χ0v) is 11.0. The molecule has 0 bridgehead atoms. The van der Waals surface area contributed by atoms with Crippen LogP contribution in [-0.2, 0) is 9.47 Å². The zero-order chi connectivity index (χ0) is 13.5. The molecule has 0 radical (unpaired) electrons. The van der Waals surface area contributed by atoms with Crippen LogP contribution in [0, 0.1) is 0 Å². The second-order valence-electron chi connectivity index (χ2n) is 4.00. The summed E-state index contributed by atoms with van der Waals surface area (Å²) in [5, 5.41) is 3.26. The highest BCUT2D eigenvalue weighted by molar-refractivity contribution is 5.91. The van der Waals surface area contributed by atoms with Gasteiger partial charge in [-0.1, -0.05) is 6.92 Å². The van der Waals surface area contributed by atoms with Crippen molar-refractivity contribution in [1.29, 1.82) is 0 Å². The summed E-state index contributed by atoms with van der Waals surface area (Å²) in [5.74, 6) is -0.377. The first kappa shape index (κ1) is 14.3. The monoisotopic (exact) mass is 252 g/mol. The molecule has 3 N–H and O–H groups in total. The predicted molar refractivity (Wildman–Crippen MR) is 71.8 cm³/mol. The Morgan fingerprint density at radius 3 is 2.72 bits per heavy atom. The minimum absolute atomic E-state index is 0.158. The molecule has 0 aliphatic heterocycles. The van der Waals surface area contributed by atoms with Crippen molar-refractivity contribution in [2.75, 3.05) is 31.9 Å². The van der Waals surface area contributed by atoms with Crippen molar-refractivity contribution in [2.45, 2.75) is 19.4 Å². The highest BCUT2D eigenvalue weighted by Crippen LogP contribution is 2.22. The lowest BCUT2D eigenvalue weighted by molar-refractivity contribution is 0.0601. The van der Waals surface area contributed by atoms with Crippen molar-refractivity contribution in [2.24, 2.45) is 0 Å². The minimum Gasteiger partial charge on any atom is -0.465 e. The fourth-order valence-corrected chi connectivity index (χ4v) is 1.61. The molecule has 0 aliphatic carbocycles. The number of methoxy groups -OCH3 is 2. The molecule has 0 spiro atoms. The van der Waals surface area contributed by atoms with E-state index in [1.165, 1.54) is 7.11 Å². The number of carbonyl (C=O) groups is 1. The third-order valence-corrected chi connectivity index (χ3v) is 2.69. The van der Waals surface area contributed by atoms with Gasteiger partial charge in [-0.3, -0.25) is 0 Å². The van der Waals surface area contributed by atoms with Crippen LogP contribution in [0.4, 0.5) is 11.4 Å². The molecular formula is C13H20N2O3. The van der Waals surface area contributed by atoms with Crippen molar-refractivity contribution in [3.8, 4) is 0 Å². The number of ether oxygens (including phenoxy) is 2. The number of anilines is 2. The highest BCUT2D eigenvalue weighted by Gasteiger charge is 2.11. The van der Waals surface area contributed by atoms with E-state index in [1.807, 2.05) is 0 Å². The second kappa shape index (κ2) is 6.86. The Labute approximate surface area is 107 Å². The Bertz CT molecular complexity index is 407. The van der Waals surface area contributed by atoms with E-state index >= 15 is 0 Å². The summed E-state index contributed by atoms with van der Waals surface area (Å²) in [6.07, 6.45) is 0.899. The van der Waals surface area contributed by atoms with Crippen LogP contribution in [0.25, 0.3) is 0 Å². The van der Waals surface area contributed by atoms with E-state index < -0.39 is 0 Å². The maximum absolute atomic E-state index is 11.4. The third kappa shape index (κ3) is 3.63. The largest absolute Gasteiger partial charge is 0.465 e. The van der Waals surface area contributed by atoms with E-state index in [-0.39, 0.29) is 12.0 Å². The molecule has 0 aliphatic rings. The number of benzene rings is 1. The Morgan fingerprint density at radius 1 is 1.44 bits per heavy atom. The van der Waals surface area contributed by atoms with Gasteiger partial charge in [0.1, 0.15) is 0 Å². The first-order chi connectivity index (χ1) is 8.62. The molecule has 18 heavy (non-hydrogen) atoms. The average Bonchev–Trinajstić information content (AvgIpc) is 2.39. The number of carbonyl (C=O) groups excluding carboxylic acids is 1. The van der Waals surface area contributed by atoms with E-state index in [9.17, 15) is 4.79 Å². The van der Waals surface area contributed by atoms with Gasteiger partial charge in [-0.25, -0.2) is 4.79 Å². The van der Waals surface area contributed by atoms with Gasteiger partial charge in [0.15, 0.2) is 0 Å². The van der Waals surface area contributed by atoms with Crippen LogP contribution in [0.15, 0.2) is 18.2 Å². The van der Waals surface area contributed by atoms with E-state index in [1.54, 1.807) is 25.3 Å². The van der Waals surface area contributed by atoms with Gasteiger partial charge in [0.2, 0.25) is 0 Å². The topological polar surface area (TPSA) is 73.6 Å². The van der Waals surface area contributed by atoms with Gasteiger partial charge in [-0.15, -0.1) is 0 Å². The molecule has 0 saturated carbocycles. The van der Waals surface area contributed by atoms with Crippen LogP contribution in [0.1, 0.15) is 23.7 Å². The Morgan fingerprint density at radius 2 is 2.17 bits per heavy atom. The molecule has 1 aromatic rings. The van der Waals surface area contributed by atoms with Crippen molar-refractivity contribution in [3.05, 3.63) is 23.8 Å². The van der Waals surface area contributed by atoms with Crippen molar-refractivity contribution >= 4 is 17.3 Å². The maximum atomic E-state index is 11.4. The van der Waals surface area contributed by atoms with Crippen molar-refractivity contribution in [3.63, 3.8) is 0 Å². The van der Waals surface area contributed by atoms with Gasteiger partial charge < -0.3 is 20.5 Å². The third-order valence-electron chi connectivity index (χ3n) is 2.69. The maximum Gasteiger partial charge on any atom is 0.337 e. The number of nitrogens with two attached hydrogens (primary N) is 1. The van der Waals surface area contributed by atoms with Gasteiger partial charge in [-0.2, -0.15) is 0 Å². The summed E-state index contributed by atoms with van der Waals surface area (Å²) in [5.41, 5.74) is 7.67. The number of nitrogen functional groups attached to an aromatic ring is 1. The Kier molecular flexibility index (Phi) is 5.45. The molecule has 5 nitrogen and oxygen atoms in total. The molecule has 0 fully saturated rings. The lowest BCUT2D eigenvalue weighted by Gasteiger charge is -2.19. The molecular weight excluding hydrogens is 232 g/mol. The smallest absolute Gasteiger partial charge is 0.337 e. The first-order valence-corrected chi connectivity index (χ1v) is 5.85. The van der Waals surface area contributed by atoms with Crippen LogP contribution < -0.4 is 11.1 Å². The first-order valence-electron chi connectivity index (χ1n) is 5.85. The van der Waals surface area contributed by atoms with E-state index in [2.05, 4.69) is 17.0 Å². The van der Waals surface area contributed by atoms with Crippen LogP contribution >= 0.6 is 0 Å². The van der Waals surface area contributed by atoms with Gasteiger partial charge in [0.25, 0.3) is 0 Å². The standard InChI is InChI=1S/C13H20N2O3/c1-4-10(8-17-2)15-12-7-9(13(16)18-3)5-6-11(12)14/h5-7,10,15H,4,8,14H2,1-3H3. The molecule has 0 saturated heterocycles. The zero-order valence-electron chi connectivity index (χ0n) is 11.0. The summed E-state index contributed by atoms with van der Waals surface area (Å²) in [7, 11) is 3.00. The van der Waals surface area contributed by atoms with Crippen molar-refractivity contribution in [1.82, 2.24) is 0 Å². The van der Waals surface area contributed by atoms with Gasteiger partial charge in [-0.05, 0) is 24.6 Å². The van der Waals surface area contributed by atoms with E-state index in [0.29, 0.717) is 17.9 Å². The molecule has 1 aromatic carbocycles. The van der Waals surface area contributed by atoms with Gasteiger partial charge in [0.05, 0.1) is 30.7 Å². The summed E-state index contributed by atoms with van der Waals surface area (Å²) in [6.45, 7) is 2.63. The fourth-order valence-electron chi connectivity index (χ4n) is 1.61. The highest BCUT2D eigenvalue weighted by atomic mass is 16.5. The summed E-state index contributed by atoms with van der Waals surface area (Å²) in [4.78, 5) is 11.4. The number of rotatable bonds is 6. The predicted octanol–water partition coefficient (Wildman–Crippen LogP) is 1.89. The van der Waals surface area contributed by atoms with Crippen LogP contribution in [0.3, 0.4) is 0 Å². The Hall–Kier alpha value is -1.75. The number of hydrogen-bond donors (Lipinski definition) is 2. The summed E-state index contributed by atoms with van der Waals surface area (Å²) >= 11 is 0. The van der Waals surface area contributed by atoms with E-state index in [0.717, 1.165) is 12.1 Å². The molecule has 1 rings (SSSR count). The number of hydrogen-bond acceptors (Lipinski definition) is 5. The lowest BCUT2D eigenvalue weighted by Crippen LogP contribution is -2.24. The molecule has 0 amide bonds. The second-order valence-corrected chi connectivity index (χ2v) is 4.00. The summed E-state index contributed by atoms with van der Waals surface area (Å²) in [6, 6.07) is 5.18. The molecule has 1 atom stereocenters. The van der Waals surface area contributed by atoms with Crippen LogP contribution in [0.5, 0.6) is 0 Å².